The average Bonchev–Trinajstić information content (AvgIpc) is 2.20. The highest BCUT2D eigenvalue weighted by Gasteiger charge is 1.89. The van der Waals surface area contributed by atoms with Crippen LogP contribution in [0.3, 0.4) is 0 Å². The van der Waals surface area contributed by atoms with E-state index in [0.717, 1.165) is 25.9 Å². The van der Waals surface area contributed by atoms with Gasteiger partial charge < -0.3 is 9.84 Å². The third-order valence-corrected chi connectivity index (χ3v) is 1.49. The molecule has 0 heterocycles. The van der Waals surface area contributed by atoms with Gasteiger partial charge in [-0.3, -0.25) is 0 Å². The second-order valence-electron chi connectivity index (χ2n) is 2.66. The predicted molar refractivity (Wildman–Crippen MR) is 55.1 cm³/mol. The van der Waals surface area contributed by atoms with E-state index < -0.39 is 0 Å². The van der Waals surface area contributed by atoms with Gasteiger partial charge in [-0.25, -0.2) is 0 Å². The first-order chi connectivity index (χ1) is 6.33. The molecule has 0 aromatic heterocycles. The van der Waals surface area contributed by atoms with E-state index in [2.05, 4.69) is 26.0 Å². The molecule has 0 spiro atoms. The van der Waals surface area contributed by atoms with Crippen LogP contribution in [0.15, 0.2) is 24.3 Å². The van der Waals surface area contributed by atoms with Crippen molar-refractivity contribution in [2.24, 2.45) is 0 Å². The third-order valence-electron chi connectivity index (χ3n) is 1.49. The molecule has 0 radical (unpaired) electrons. The van der Waals surface area contributed by atoms with Crippen LogP contribution in [-0.2, 0) is 0 Å². The Balaban J connectivity index is 0.000000671. The van der Waals surface area contributed by atoms with Gasteiger partial charge in [-0.2, -0.15) is 0 Å². The Morgan fingerprint density at radius 3 is 2.15 bits per heavy atom. The Hall–Kier alpha value is -1.02. The smallest absolute Gasteiger partial charge is 0.119 e. The molecular formula is C11H18O2. The fourth-order valence-corrected chi connectivity index (χ4v) is 0.854. The molecule has 2 heteroatoms. The van der Waals surface area contributed by atoms with E-state index in [-0.39, 0.29) is 0 Å². The molecule has 0 aliphatic heterocycles. The van der Waals surface area contributed by atoms with Gasteiger partial charge in [0.25, 0.3) is 0 Å². The zero-order valence-corrected chi connectivity index (χ0v) is 8.58. The largest absolute Gasteiger partial charge is 0.494 e. The summed E-state index contributed by atoms with van der Waals surface area (Å²) in [7, 11) is 1.00. The minimum Gasteiger partial charge on any atom is -0.494 e. The molecule has 0 fully saturated rings. The Kier molecular flexibility index (Phi) is 7.02. The van der Waals surface area contributed by atoms with Crippen LogP contribution in [0, 0.1) is 6.92 Å². The molecule has 74 valence electrons. The van der Waals surface area contributed by atoms with E-state index in [1.165, 1.54) is 5.56 Å². The summed E-state index contributed by atoms with van der Waals surface area (Å²) in [5.41, 5.74) is 1.27. The maximum absolute atomic E-state index is 7.00. The highest BCUT2D eigenvalue weighted by molar-refractivity contribution is 5.26. The third kappa shape index (κ3) is 5.26. The minimum absolute atomic E-state index is 0.809. The van der Waals surface area contributed by atoms with Crippen molar-refractivity contribution in [3.8, 4) is 5.75 Å². The Bertz CT molecular complexity index is 204. The molecule has 0 saturated heterocycles. The fourth-order valence-electron chi connectivity index (χ4n) is 0.854. The highest BCUT2D eigenvalue weighted by atomic mass is 16.5. The van der Waals surface area contributed by atoms with E-state index in [1.54, 1.807) is 0 Å². The molecule has 1 rings (SSSR count). The molecule has 1 aromatic rings. The number of aliphatic hydroxyl groups is 1. The van der Waals surface area contributed by atoms with Crippen molar-refractivity contribution in [1.29, 1.82) is 0 Å². The minimum atomic E-state index is 0.809. The second-order valence-corrected chi connectivity index (χ2v) is 2.66. The lowest BCUT2D eigenvalue weighted by molar-refractivity contribution is 0.317. The quantitative estimate of drug-likeness (QED) is 0.777. The van der Waals surface area contributed by atoms with Crippen LogP contribution < -0.4 is 4.74 Å². The summed E-state index contributed by atoms with van der Waals surface area (Å²) in [6.07, 6.45) is 1.06. The van der Waals surface area contributed by atoms with Gasteiger partial charge in [0.05, 0.1) is 6.61 Å². The average molecular weight is 182 g/mol. The van der Waals surface area contributed by atoms with E-state index in [0.29, 0.717) is 0 Å². The standard InChI is InChI=1S/C10H14O.CH4O/c1-3-8-11-10-6-4-9(2)5-7-10;1-2/h4-7H,3,8H2,1-2H3;2H,1H3. The van der Waals surface area contributed by atoms with Crippen molar-refractivity contribution in [2.45, 2.75) is 20.3 Å². The maximum atomic E-state index is 7.00. The summed E-state index contributed by atoms with van der Waals surface area (Å²) in [6.45, 7) is 4.99. The van der Waals surface area contributed by atoms with E-state index in [1.807, 2.05) is 12.1 Å². The Morgan fingerprint density at radius 2 is 1.69 bits per heavy atom. The zero-order valence-electron chi connectivity index (χ0n) is 8.58. The van der Waals surface area contributed by atoms with Gasteiger partial charge in [0.2, 0.25) is 0 Å². The van der Waals surface area contributed by atoms with Crippen LogP contribution in [0.4, 0.5) is 0 Å². The summed E-state index contributed by atoms with van der Waals surface area (Å²) in [6, 6.07) is 8.13. The lowest BCUT2D eigenvalue weighted by Gasteiger charge is -2.03. The van der Waals surface area contributed by atoms with E-state index >= 15 is 0 Å². The van der Waals surface area contributed by atoms with Crippen molar-refractivity contribution >= 4 is 0 Å². The van der Waals surface area contributed by atoms with Gasteiger partial charge in [-0.15, -0.1) is 0 Å². The van der Waals surface area contributed by atoms with Gasteiger partial charge in [-0.1, -0.05) is 24.6 Å². The molecular weight excluding hydrogens is 164 g/mol. The number of rotatable bonds is 3. The summed E-state index contributed by atoms with van der Waals surface area (Å²) in [5.74, 6) is 0.970. The lowest BCUT2D eigenvalue weighted by Crippen LogP contribution is -1.94. The Labute approximate surface area is 80.2 Å². The molecule has 1 aromatic carbocycles. The van der Waals surface area contributed by atoms with Crippen molar-refractivity contribution in [3.05, 3.63) is 29.8 Å². The fraction of sp³-hybridized carbons (Fsp3) is 0.455. The molecule has 0 unspecified atom stereocenters. The summed E-state index contributed by atoms with van der Waals surface area (Å²) in [4.78, 5) is 0. The van der Waals surface area contributed by atoms with Crippen LogP contribution in [0.25, 0.3) is 0 Å². The summed E-state index contributed by atoms with van der Waals surface area (Å²) < 4.78 is 5.41. The normalized spacial score (nSPS) is 8.62. The number of hydrogen-bond acceptors (Lipinski definition) is 2. The molecule has 0 bridgehead atoms. The number of aryl methyl sites for hydroxylation is 1. The van der Waals surface area contributed by atoms with Gasteiger partial charge in [0, 0.05) is 7.11 Å². The number of benzene rings is 1. The molecule has 0 atom stereocenters. The van der Waals surface area contributed by atoms with Crippen molar-refractivity contribution in [2.75, 3.05) is 13.7 Å². The molecule has 1 N–H and O–H groups in total. The number of ether oxygens (including phenoxy) is 1. The van der Waals surface area contributed by atoms with Crippen LogP contribution >= 0.6 is 0 Å². The van der Waals surface area contributed by atoms with Crippen LogP contribution in [-0.4, -0.2) is 18.8 Å². The monoisotopic (exact) mass is 182 g/mol. The second kappa shape index (κ2) is 7.62. The van der Waals surface area contributed by atoms with E-state index in [9.17, 15) is 0 Å². The predicted octanol–water partition coefficient (Wildman–Crippen LogP) is 2.39. The van der Waals surface area contributed by atoms with Crippen molar-refractivity contribution in [3.63, 3.8) is 0 Å². The molecule has 13 heavy (non-hydrogen) atoms. The zero-order chi connectivity index (χ0) is 10.1. The SMILES string of the molecule is CCCOc1ccc(C)cc1.CO. The maximum Gasteiger partial charge on any atom is 0.119 e. The summed E-state index contributed by atoms with van der Waals surface area (Å²) >= 11 is 0. The molecule has 0 amide bonds. The molecule has 0 aliphatic carbocycles. The van der Waals surface area contributed by atoms with E-state index in [4.69, 9.17) is 9.84 Å². The van der Waals surface area contributed by atoms with Crippen molar-refractivity contribution in [1.82, 2.24) is 0 Å². The number of hydrogen-bond donors (Lipinski definition) is 1. The first kappa shape index (κ1) is 12.0. The van der Waals surface area contributed by atoms with Gasteiger partial charge in [-0.05, 0) is 25.5 Å². The molecule has 2 nitrogen and oxygen atoms in total. The molecule has 0 aliphatic rings. The van der Waals surface area contributed by atoms with Gasteiger partial charge in [0.1, 0.15) is 5.75 Å². The van der Waals surface area contributed by atoms with Crippen LogP contribution in [0.5, 0.6) is 5.75 Å². The van der Waals surface area contributed by atoms with Crippen molar-refractivity contribution < 1.29 is 9.84 Å². The lowest BCUT2D eigenvalue weighted by atomic mass is 10.2. The van der Waals surface area contributed by atoms with Crippen LogP contribution in [0.1, 0.15) is 18.9 Å². The van der Waals surface area contributed by atoms with Crippen LogP contribution in [0.2, 0.25) is 0 Å². The topological polar surface area (TPSA) is 29.5 Å². The first-order valence-electron chi connectivity index (χ1n) is 4.47. The van der Waals surface area contributed by atoms with Gasteiger partial charge >= 0.3 is 0 Å². The molecule has 0 saturated carbocycles. The highest BCUT2D eigenvalue weighted by Crippen LogP contribution is 2.11. The first-order valence-corrected chi connectivity index (χ1v) is 4.47. The number of aliphatic hydroxyl groups excluding tert-OH is 1. The Morgan fingerprint density at radius 1 is 1.15 bits per heavy atom. The van der Waals surface area contributed by atoms with Gasteiger partial charge in [0.15, 0.2) is 0 Å². The summed E-state index contributed by atoms with van der Waals surface area (Å²) in [5, 5.41) is 7.00.